The number of carbonyl (C=O) groups excluding carboxylic acids is 2. The molecule has 1 aliphatic carbocycles. The Morgan fingerprint density at radius 3 is 2.43 bits per heavy atom. The van der Waals surface area contributed by atoms with Crippen molar-refractivity contribution < 1.29 is 28.9 Å². The highest BCUT2D eigenvalue weighted by molar-refractivity contribution is 6.37. The van der Waals surface area contributed by atoms with Crippen LogP contribution in [0.2, 0.25) is 15.1 Å². The summed E-state index contributed by atoms with van der Waals surface area (Å²) in [5, 5.41) is 16.2. The van der Waals surface area contributed by atoms with Gasteiger partial charge in [-0.05, 0) is 75.4 Å². The molecule has 1 aromatic carbocycles. The first kappa shape index (κ1) is 34.3. The Morgan fingerprint density at radius 2 is 1.76 bits per heavy atom. The van der Waals surface area contributed by atoms with E-state index in [1.165, 1.54) is 17.3 Å². The molecule has 2 aliphatic rings. The molecule has 3 aromatic rings. The predicted octanol–water partition coefficient (Wildman–Crippen LogP) is 5.41. The summed E-state index contributed by atoms with van der Waals surface area (Å²) in [5.41, 5.74) is 0.730. The molecule has 1 aliphatic heterocycles. The first-order valence-corrected chi connectivity index (χ1v) is 16.4. The first-order chi connectivity index (χ1) is 22.1. The van der Waals surface area contributed by atoms with Gasteiger partial charge in [-0.25, -0.2) is 4.98 Å². The monoisotopic (exact) mass is 690 g/mol. The van der Waals surface area contributed by atoms with Gasteiger partial charge in [0.25, 0.3) is 5.91 Å². The van der Waals surface area contributed by atoms with Crippen LogP contribution in [0, 0.1) is 12.8 Å². The number of aromatic nitrogens is 2. The summed E-state index contributed by atoms with van der Waals surface area (Å²) in [4.78, 5) is 38.0. The standard InChI is InChI=1S/C33H37Cl3N4O6/c1-20-14-26(34)30(27(35)15-20)46-13-12-45-29-8-5-21(17-39-29)33(43)9-10-37-18-25(33)32(42)40(23-6-7-23)31(41)24-16-22(4-3-11-44-2)38-19-28(24)36/h5,8,14-17,19,23,25,37,43H,3-4,6-7,9-13,18H2,1-2H3/t25-,33+/m1/s1. The molecule has 2 fully saturated rings. The van der Waals surface area contributed by atoms with Crippen LogP contribution in [-0.2, 0) is 21.6 Å². The lowest BCUT2D eigenvalue weighted by atomic mass is 9.76. The maximum atomic E-state index is 14.2. The fourth-order valence-electron chi connectivity index (χ4n) is 5.60. The molecule has 46 heavy (non-hydrogen) atoms. The molecule has 2 aromatic heterocycles. The van der Waals surface area contributed by atoms with Gasteiger partial charge in [-0.15, -0.1) is 0 Å². The third-order valence-corrected chi connectivity index (χ3v) is 9.02. The maximum absolute atomic E-state index is 14.2. The van der Waals surface area contributed by atoms with Crippen LogP contribution in [0.15, 0.2) is 42.7 Å². The number of nitrogens with zero attached hydrogens (tertiary/aromatic N) is 3. The van der Waals surface area contributed by atoms with Crippen LogP contribution in [0.25, 0.3) is 0 Å². The topological polar surface area (TPSA) is 123 Å². The van der Waals surface area contributed by atoms with Crippen LogP contribution in [0.4, 0.5) is 0 Å². The summed E-state index contributed by atoms with van der Waals surface area (Å²) in [5.74, 6) is -1.17. The fourth-order valence-corrected chi connectivity index (χ4v) is 6.49. The number of hydrogen-bond acceptors (Lipinski definition) is 9. The zero-order valence-corrected chi connectivity index (χ0v) is 28.0. The van der Waals surface area contributed by atoms with Gasteiger partial charge >= 0.3 is 0 Å². The van der Waals surface area contributed by atoms with E-state index in [1.807, 2.05) is 6.92 Å². The van der Waals surface area contributed by atoms with E-state index in [0.29, 0.717) is 65.3 Å². The number of ether oxygens (including phenoxy) is 3. The zero-order valence-electron chi connectivity index (χ0n) is 25.7. The van der Waals surface area contributed by atoms with E-state index < -0.39 is 23.3 Å². The number of benzene rings is 1. The number of halogens is 3. The number of hydrogen-bond donors (Lipinski definition) is 2. The minimum Gasteiger partial charge on any atom is -0.487 e. The second-order valence-corrected chi connectivity index (χ2v) is 12.8. The van der Waals surface area contributed by atoms with Crippen LogP contribution in [-0.4, -0.2) is 77.9 Å². The average Bonchev–Trinajstić information content (AvgIpc) is 3.87. The molecule has 1 saturated carbocycles. The van der Waals surface area contributed by atoms with Crippen molar-refractivity contribution in [2.75, 3.05) is 40.0 Å². The number of imide groups is 1. The van der Waals surface area contributed by atoms with Gasteiger partial charge in [0.2, 0.25) is 11.8 Å². The second kappa shape index (κ2) is 15.3. The molecule has 1 saturated heterocycles. The van der Waals surface area contributed by atoms with Crippen molar-refractivity contribution in [1.29, 1.82) is 0 Å². The quantitative estimate of drug-likeness (QED) is 0.179. The van der Waals surface area contributed by atoms with Crippen LogP contribution >= 0.6 is 34.8 Å². The number of amides is 2. The van der Waals surface area contributed by atoms with E-state index in [9.17, 15) is 14.7 Å². The Bertz CT molecular complexity index is 1530. The average molecular weight is 692 g/mol. The van der Waals surface area contributed by atoms with Gasteiger partial charge in [0, 0.05) is 56.0 Å². The van der Waals surface area contributed by atoms with Gasteiger partial charge in [0.15, 0.2) is 5.75 Å². The minimum absolute atomic E-state index is 0.172. The Kier molecular flexibility index (Phi) is 11.4. The molecular weight excluding hydrogens is 655 g/mol. The van der Waals surface area contributed by atoms with Crippen molar-refractivity contribution in [3.05, 3.63) is 80.2 Å². The number of nitrogens with one attached hydrogen (secondary N) is 1. The maximum Gasteiger partial charge on any atom is 0.262 e. The molecule has 2 amide bonds. The van der Waals surface area contributed by atoms with E-state index in [-0.39, 0.29) is 42.8 Å². The van der Waals surface area contributed by atoms with E-state index in [4.69, 9.17) is 49.0 Å². The van der Waals surface area contributed by atoms with Crippen molar-refractivity contribution in [2.24, 2.45) is 5.92 Å². The highest BCUT2D eigenvalue weighted by atomic mass is 35.5. The van der Waals surface area contributed by atoms with Gasteiger partial charge in [0.05, 0.1) is 26.5 Å². The Balaban J connectivity index is 1.28. The van der Waals surface area contributed by atoms with Gasteiger partial charge in [-0.1, -0.05) is 34.8 Å². The largest absolute Gasteiger partial charge is 0.487 e. The molecule has 2 atom stereocenters. The number of aryl methyl sites for hydroxylation is 2. The number of aliphatic hydroxyl groups is 1. The van der Waals surface area contributed by atoms with Gasteiger partial charge < -0.3 is 24.6 Å². The smallest absolute Gasteiger partial charge is 0.262 e. The Morgan fingerprint density at radius 1 is 1.02 bits per heavy atom. The van der Waals surface area contributed by atoms with Crippen molar-refractivity contribution in [3.63, 3.8) is 0 Å². The molecule has 246 valence electrons. The van der Waals surface area contributed by atoms with Crippen LogP contribution < -0.4 is 14.8 Å². The lowest BCUT2D eigenvalue weighted by molar-refractivity contribution is -0.146. The number of rotatable bonds is 13. The molecule has 3 heterocycles. The summed E-state index contributed by atoms with van der Waals surface area (Å²) >= 11 is 18.9. The molecular formula is C33H37Cl3N4O6. The van der Waals surface area contributed by atoms with Crippen molar-refractivity contribution >= 4 is 46.6 Å². The summed E-state index contributed by atoms with van der Waals surface area (Å²) in [6.45, 7) is 3.48. The second-order valence-electron chi connectivity index (χ2n) is 11.6. The molecule has 10 nitrogen and oxygen atoms in total. The van der Waals surface area contributed by atoms with Crippen molar-refractivity contribution in [3.8, 4) is 11.6 Å². The number of carbonyl (C=O) groups is 2. The molecule has 2 N–H and O–H groups in total. The third-order valence-electron chi connectivity index (χ3n) is 8.16. The Labute approximate surface area is 283 Å². The van der Waals surface area contributed by atoms with E-state index in [1.54, 1.807) is 37.4 Å². The van der Waals surface area contributed by atoms with E-state index in [0.717, 1.165) is 12.0 Å². The molecule has 0 radical (unpaired) electrons. The van der Waals surface area contributed by atoms with Crippen molar-refractivity contribution in [1.82, 2.24) is 20.2 Å². The molecule has 0 spiro atoms. The van der Waals surface area contributed by atoms with Gasteiger partial charge in [-0.3, -0.25) is 19.5 Å². The summed E-state index contributed by atoms with van der Waals surface area (Å²) in [6, 6.07) is 8.25. The molecule has 13 heteroatoms. The number of piperidine rings is 1. The predicted molar refractivity (Wildman–Crippen MR) is 175 cm³/mol. The molecule has 0 unspecified atom stereocenters. The van der Waals surface area contributed by atoms with E-state index >= 15 is 0 Å². The third kappa shape index (κ3) is 7.93. The van der Waals surface area contributed by atoms with E-state index in [2.05, 4.69) is 15.3 Å². The SMILES string of the molecule is COCCCc1cc(C(=O)N(C(=O)[C@H]2CNCC[C@]2(O)c2ccc(OCCOc3c(Cl)cc(C)cc3Cl)nc2)C2CC2)c(Cl)cn1. The summed E-state index contributed by atoms with van der Waals surface area (Å²) in [7, 11) is 1.63. The van der Waals surface area contributed by atoms with Gasteiger partial charge in [0.1, 0.15) is 18.8 Å². The molecule has 5 rings (SSSR count). The lowest BCUT2D eigenvalue weighted by Crippen LogP contribution is -2.56. The highest BCUT2D eigenvalue weighted by Crippen LogP contribution is 2.40. The summed E-state index contributed by atoms with van der Waals surface area (Å²) in [6.07, 6.45) is 5.92. The Hall–Kier alpha value is -2.99. The first-order valence-electron chi connectivity index (χ1n) is 15.2. The number of pyridine rings is 2. The number of methoxy groups -OCH3 is 1. The summed E-state index contributed by atoms with van der Waals surface area (Å²) < 4.78 is 16.6. The van der Waals surface area contributed by atoms with Crippen LogP contribution in [0.1, 0.15) is 52.9 Å². The zero-order chi connectivity index (χ0) is 32.8. The minimum atomic E-state index is -1.56. The fraction of sp³-hybridized carbons (Fsp3) is 0.455. The van der Waals surface area contributed by atoms with Crippen LogP contribution in [0.3, 0.4) is 0 Å². The van der Waals surface area contributed by atoms with Crippen molar-refractivity contribution in [2.45, 2.75) is 50.7 Å². The lowest BCUT2D eigenvalue weighted by Gasteiger charge is -2.41. The molecule has 0 bridgehead atoms. The van der Waals surface area contributed by atoms with Gasteiger partial charge in [-0.2, -0.15) is 0 Å². The normalized spacial score (nSPS) is 19.5. The highest BCUT2D eigenvalue weighted by Gasteiger charge is 2.50. The van der Waals surface area contributed by atoms with Crippen LogP contribution in [0.5, 0.6) is 11.6 Å².